The molecule has 30 heavy (non-hydrogen) atoms. The van der Waals surface area contributed by atoms with Crippen molar-refractivity contribution in [2.24, 2.45) is 0 Å². The second-order valence-electron chi connectivity index (χ2n) is 6.84. The van der Waals surface area contributed by atoms with Crippen molar-refractivity contribution < 1.29 is 19.1 Å². The molecular formula is C23H18ClNO4S. The van der Waals surface area contributed by atoms with Crippen LogP contribution in [0.2, 0.25) is 5.02 Å². The van der Waals surface area contributed by atoms with Gasteiger partial charge in [0, 0.05) is 15.8 Å². The average molecular weight is 440 g/mol. The van der Waals surface area contributed by atoms with Gasteiger partial charge in [-0.25, -0.2) is 4.79 Å². The van der Waals surface area contributed by atoms with E-state index in [1.165, 1.54) is 11.8 Å². The van der Waals surface area contributed by atoms with Crippen LogP contribution in [0.25, 0.3) is 10.8 Å². The molecule has 2 amide bonds. The molecule has 0 aliphatic carbocycles. The Bertz CT molecular complexity index is 1130. The highest BCUT2D eigenvalue weighted by atomic mass is 35.5. The number of carbonyl (C=O) groups excluding carboxylic acids is 3. The Balaban J connectivity index is 1.67. The molecule has 1 atom stereocenters. The van der Waals surface area contributed by atoms with E-state index in [2.05, 4.69) is 0 Å². The first-order valence-electron chi connectivity index (χ1n) is 9.37. The number of imide groups is 1. The van der Waals surface area contributed by atoms with E-state index in [9.17, 15) is 14.4 Å². The van der Waals surface area contributed by atoms with E-state index in [0.717, 1.165) is 10.3 Å². The maximum Gasteiger partial charge on any atom is 0.334 e. The van der Waals surface area contributed by atoms with E-state index in [-0.39, 0.29) is 0 Å². The molecule has 0 N–H and O–H groups in total. The van der Waals surface area contributed by atoms with Crippen molar-refractivity contribution in [2.45, 2.75) is 12.5 Å². The number of fused-ring (bicyclic) bond motifs is 2. The fourth-order valence-electron chi connectivity index (χ4n) is 3.57. The van der Waals surface area contributed by atoms with Crippen molar-refractivity contribution in [3.8, 4) is 5.75 Å². The number of carbonyl (C=O) groups is 3. The summed E-state index contributed by atoms with van der Waals surface area (Å²) in [5.41, 5.74) is 0.614. The lowest BCUT2D eigenvalue weighted by atomic mass is 10.1. The Hall–Kier alpha value is -2.83. The van der Waals surface area contributed by atoms with E-state index in [1.807, 2.05) is 30.5 Å². The molecule has 1 aliphatic heterocycles. The zero-order valence-corrected chi connectivity index (χ0v) is 17.7. The van der Waals surface area contributed by atoms with Crippen LogP contribution in [0.4, 0.5) is 0 Å². The third kappa shape index (κ3) is 3.57. The second-order valence-corrected chi connectivity index (χ2v) is 8.23. The molecule has 0 saturated heterocycles. The predicted octanol–water partition coefficient (Wildman–Crippen LogP) is 4.82. The van der Waals surface area contributed by atoms with E-state index >= 15 is 0 Å². The Kier molecular flexibility index (Phi) is 5.79. The number of halogens is 1. The highest BCUT2D eigenvalue weighted by Crippen LogP contribution is 2.32. The number of benzene rings is 3. The molecule has 0 radical (unpaired) electrons. The van der Waals surface area contributed by atoms with E-state index < -0.39 is 23.8 Å². The Labute approximate surface area is 183 Å². The van der Waals surface area contributed by atoms with Crippen LogP contribution < -0.4 is 4.74 Å². The van der Waals surface area contributed by atoms with Crippen molar-refractivity contribution in [3.05, 3.63) is 76.8 Å². The SMILES string of the molecule is CSCCC(C(=O)Oc1ccc(Cl)c2ccccc12)N1C(=O)c2ccccc2C1=O. The second kappa shape index (κ2) is 8.50. The quantitative estimate of drug-likeness (QED) is 0.313. The first-order chi connectivity index (χ1) is 14.5. The summed E-state index contributed by atoms with van der Waals surface area (Å²) in [6, 6.07) is 16.2. The van der Waals surface area contributed by atoms with Crippen LogP contribution in [0, 0.1) is 0 Å². The van der Waals surface area contributed by atoms with Crippen molar-refractivity contribution >= 4 is 51.9 Å². The average Bonchev–Trinajstić information content (AvgIpc) is 3.02. The summed E-state index contributed by atoms with van der Waals surface area (Å²) in [5.74, 6) is -0.662. The molecule has 3 aromatic carbocycles. The molecule has 0 bridgehead atoms. The van der Waals surface area contributed by atoms with E-state index in [1.54, 1.807) is 36.4 Å². The number of hydrogen-bond donors (Lipinski definition) is 0. The van der Waals surface area contributed by atoms with Crippen LogP contribution in [-0.4, -0.2) is 40.7 Å². The lowest BCUT2D eigenvalue weighted by Gasteiger charge is -2.24. The van der Waals surface area contributed by atoms with Gasteiger partial charge in [0.1, 0.15) is 11.8 Å². The Morgan fingerprint density at radius 3 is 2.20 bits per heavy atom. The van der Waals surface area contributed by atoms with E-state index in [4.69, 9.17) is 16.3 Å². The first kappa shape index (κ1) is 20.4. The number of rotatable bonds is 6. The normalized spacial score (nSPS) is 14.1. The van der Waals surface area contributed by atoms with Gasteiger partial charge in [-0.3, -0.25) is 14.5 Å². The molecule has 1 heterocycles. The van der Waals surface area contributed by atoms with Gasteiger partial charge in [-0.2, -0.15) is 11.8 Å². The zero-order valence-electron chi connectivity index (χ0n) is 16.1. The fourth-order valence-corrected chi connectivity index (χ4v) is 4.26. The number of esters is 1. The lowest BCUT2D eigenvalue weighted by molar-refractivity contribution is -0.138. The summed E-state index contributed by atoms with van der Waals surface area (Å²) in [4.78, 5) is 40.0. The zero-order chi connectivity index (χ0) is 21.3. The molecule has 7 heteroatoms. The van der Waals surface area contributed by atoms with Gasteiger partial charge in [-0.05, 0) is 42.7 Å². The van der Waals surface area contributed by atoms with Gasteiger partial charge in [0.15, 0.2) is 0 Å². The van der Waals surface area contributed by atoms with Gasteiger partial charge in [0.05, 0.1) is 11.1 Å². The van der Waals surface area contributed by atoms with Crippen LogP contribution in [0.15, 0.2) is 60.7 Å². The maximum atomic E-state index is 13.2. The third-order valence-corrected chi connectivity index (χ3v) is 6.02. The summed E-state index contributed by atoms with van der Waals surface area (Å²) >= 11 is 7.78. The maximum absolute atomic E-state index is 13.2. The van der Waals surface area contributed by atoms with Crippen LogP contribution in [0.1, 0.15) is 27.1 Å². The summed E-state index contributed by atoms with van der Waals surface area (Å²) < 4.78 is 5.70. The van der Waals surface area contributed by atoms with Crippen LogP contribution in [0.3, 0.4) is 0 Å². The molecule has 0 spiro atoms. The van der Waals surface area contributed by atoms with Crippen molar-refractivity contribution in [2.75, 3.05) is 12.0 Å². The van der Waals surface area contributed by atoms with Gasteiger partial charge < -0.3 is 4.74 Å². The van der Waals surface area contributed by atoms with Gasteiger partial charge >= 0.3 is 5.97 Å². The molecule has 0 saturated carbocycles. The highest BCUT2D eigenvalue weighted by Gasteiger charge is 2.43. The van der Waals surface area contributed by atoms with Crippen molar-refractivity contribution in [3.63, 3.8) is 0 Å². The lowest BCUT2D eigenvalue weighted by Crippen LogP contribution is -2.47. The van der Waals surface area contributed by atoms with Crippen LogP contribution in [0.5, 0.6) is 5.75 Å². The monoisotopic (exact) mass is 439 g/mol. The smallest absolute Gasteiger partial charge is 0.334 e. The molecule has 152 valence electrons. The molecule has 0 fully saturated rings. The highest BCUT2D eigenvalue weighted by molar-refractivity contribution is 7.98. The van der Waals surface area contributed by atoms with Crippen LogP contribution in [-0.2, 0) is 4.79 Å². The first-order valence-corrected chi connectivity index (χ1v) is 11.1. The van der Waals surface area contributed by atoms with Gasteiger partial charge in [0.2, 0.25) is 0 Å². The van der Waals surface area contributed by atoms with Crippen molar-refractivity contribution in [1.29, 1.82) is 0 Å². The minimum absolute atomic E-state index is 0.303. The Morgan fingerprint density at radius 2 is 1.57 bits per heavy atom. The number of hydrogen-bond acceptors (Lipinski definition) is 5. The van der Waals surface area contributed by atoms with Gasteiger partial charge in [-0.15, -0.1) is 0 Å². The number of thioether (sulfide) groups is 1. The molecular weight excluding hydrogens is 422 g/mol. The summed E-state index contributed by atoms with van der Waals surface area (Å²) in [5, 5.41) is 1.99. The summed E-state index contributed by atoms with van der Waals surface area (Å²) in [7, 11) is 0. The molecule has 1 aliphatic rings. The molecule has 1 unspecified atom stereocenters. The van der Waals surface area contributed by atoms with Gasteiger partial charge in [-0.1, -0.05) is 48.0 Å². The minimum Gasteiger partial charge on any atom is -0.424 e. The molecule has 0 aromatic heterocycles. The number of amides is 2. The topological polar surface area (TPSA) is 63.7 Å². The number of nitrogens with zero attached hydrogens (tertiary/aromatic N) is 1. The van der Waals surface area contributed by atoms with Gasteiger partial charge in [0.25, 0.3) is 11.8 Å². The summed E-state index contributed by atoms with van der Waals surface area (Å²) in [6.07, 6.45) is 2.20. The molecule has 3 aromatic rings. The molecule has 5 nitrogen and oxygen atoms in total. The summed E-state index contributed by atoms with van der Waals surface area (Å²) in [6.45, 7) is 0. The number of ether oxygens (including phenoxy) is 1. The van der Waals surface area contributed by atoms with E-state index in [0.29, 0.717) is 39.5 Å². The van der Waals surface area contributed by atoms with Crippen LogP contribution >= 0.6 is 23.4 Å². The third-order valence-electron chi connectivity index (χ3n) is 5.05. The minimum atomic E-state index is -1.01. The Morgan fingerprint density at radius 1 is 0.967 bits per heavy atom. The largest absolute Gasteiger partial charge is 0.424 e. The predicted molar refractivity (Wildman–Crippen MR) is 118 cm³/mol. The fraction of sp³-hybridized carbons (Fsp3) is 0.174. The molecule has 4 rings (SSSR count). The standard InChI is InChI=1S/C23H18ClNO4S/c1-30-13-12-19(25-21(26)16-8-4-5-9-17(16)22(25)27)23(28)29-20-11-10-18(24)14-6-2-3-7-15(14)20/h2-11,19H,12-13H2,1H3. The van der Waals surface area contributed by atoms with Crippen molar-refractivity contribution in [1.82, 2.24) is 4.90 Å².